The molecule has 0 aromatic heterocycles. The third kappa shape index (κ3) is 5.98. The van der Waals surface area contributed by atoms with Crippen molar-refractivity contribution in [2.45, 2.75) is 38.5 Å². The molecule has 0 spiro atoms. The van der Waals surface area contributed by atoms with Gasteiger partial charge in [0, 0.05) is 30.7 Å². The fraction of sp³-hybridized carbons (Fsp3) is 0.562. The number of piperidine rings is 1. The lowest BCUT2D eigenvalue weighted by Crippen LogP contribution is -2.49. The lowest BCUT2D eigenvalue weighted by molar-refractivity contribution is -0.137. The van der Waals surface area contributed by atoms with Crippen LogP contribution in [-0.4, -0.2) is 43.6 Å². The summed E-state index contributed by atoms with van der Waals surface area (Å²) in [6.07, 6.45) is -3.49. The highest BCUT2D eigenvalue weighted by Crippen LogP contribution is 2.32. The maximum atomic E-state index is 12.6. The van der Waals surface area contributed by atoms with Crippen molar-refractivity contribution in [3.05, 3.63) is 34.3 Å². The van der Waals surface area contributed by atoms with Crippen molar-refractivity contribution in [1.29, 1.82) is 0 Å². The molecule has 1 fully saturated rings. The van der Waals surface area contributed by atoms with Crippen LogP contribution < -0.4 is 10.6 Å². The van der Waals surface area contributed by atoms with Crippen molar-refractivity contribution in [3.63, 3.8) is 0 Å². The van der Waals surface area contributed by atoms with Gasteiger partial charge in [-0.3, -0.25) is 0 Å². The van der Waals surface area contributed by atoms with Crippen molar-refractivity contribution in [2.75, 3.05) is 18.8 Å². The molecule has 1 aromatic carbocycles. The largest absolute Gasteiger partial charge is 0.416 e. The predicted octanol–water partition coefficient (Wildman–Crippen LogP) is 2.97. The Labute approximate surface area is 161 Å². The molecule has 11 heteroatoms. The summed E-state index contributed by atoms with van der Waals surface area (Å²) in [5, 5.41) is 5.21. The van der Waals surface area contributed by atoms with Crippen LogP contribution >= 0.6 is 11.6 Å². The Bertz CT molecular complexity index is 779. The SMILES string of the molecule is CCS(=O)(=O)N1CCC(NC(=O)NCc2ccc(C(F)(F)F)cc2Cl)CC1. The van der Waals surface area contributed by atoms with Gasteiger partial charge in [-0.25, -0.2) is 17.5 Å². The number of hydrogen-bond acceptors (Lipinski definition) is 3. The Balaban J connectivity index is 1.82. The molecule has 27 heavy (non-hydrogen) atoms. The average molecular weight is 428 g/mol. The number of carbonyl (C=O) groups excluding carboxylic acids is 1. The van der Waals surface area contributed by atoms with Crippen LogP contribution in [-0.2, 0) is 22.7 Å². The quantitative estimate of drug-likeness (QED) is 0.758. The van der Waals surface area contributed by atoms with E-state index in [0.29, 0.717) is 31.5 Å². The lowest BCUT2D eigenvalue weighted by atomic mass is 10.1. The maximum absolute atomic E-state index is 12.6. The van der Waals surface area contributed by atoms with Crippen LogP contribution in [0.15, 0.2) is 18.2 Å². The van der Waals surface area contributed by atoms with Crippen LogP contribution in [0.2, 0.25) is 5.02 Å². The first-order valence-electron chi connectivity index (χ1n) is 8.40. The first kappa shape index (κ1) is 21.8. The van der Waals surface area contributed by atoms with Crippen LogP contribution in [0.5, 0.6) is 0 Å². The smallest absolute Gasteiger partial charge is 0.335 e. The van der Waals surface area contributed by atoms with E-state index in [2.05, 4.69) is 10.6 Å². The standard InChI is InChI=1S/C16H21ClF3N3O3S/c1-2-27(25,26)23-7-5-13(6-8-23)22-15(24)21-10-11-3-4-12(9-14(11)17)16(18,19)20/h3-4,9,13H,2,5-8,10H2,1H3,(H2,21,22,24). The third-order valence-corrected chi connectivity index (χ3v) is 6.60. The van der Waals surface area contributed by atoms with E-state index < -0.39 is 27.8 Å². The van der Waals surface area contributed by atoms with E-state index in [1.165, 1.54) is 10.4 Å². The lowest BCUT2D eigenvalue weighted by Gasteiger charge is -2.31. The molecule has 2 rings (SSSR count). The molecule has 0 atom stereocenters. The molecule has 2 N–H and O–H groups in total. The van der Waals surface area contributed by atoms with E-state index in [4.69, 9.17) is 11.6 Å². The van der Waals surface area contributed by atoms with Gasteiger partial charge in [-0.1, -0.05) is 17.7 Å². The number of nitrogens with one attached hydrogen (secondary N) is 2. The summed E-state index contributed by atoms with van der Waals surface area (Å²) in [5.41, 5.74) is -0.488. The van der Waals surface area contributed by atoms with Gasteiger partial charge in [0.1, 0.15) is 0 Å². The zero-order valence-corrected chi connectivity index (χ0v) is 16.2. The van der Waals surface area contributed by atoms with E-state index >= 15 is 0 Å². The van der Waals surface area contributed by atoms with Gasteiger partial charge >= 0.3 is 12.2 Å². The van der Waals surface area contributed by atoms with E-state index in [0.717, 1.165) is 12.1 Å². The molecule has 1 aliphatic heterocycles. The summed E-state index contributed by atoms with van der Waals surface area (Å²) in [6, 6.07) is 2.30. The molecule has 1 heterocycles. The number of urea groups is 1. The minimum atomic E-state index is -4.48. The molecule has 152 valence electrons. The Morgan fingerprint density at radius 1 is 1.30 bits per heavy atom. The maximum Gasteiger partial charge on any atom is 0.416 e. The zero-order valence-electron chi connectivity index (χ0n) is 14.6. The molecule has 1 aliphatic rings. The highest BCUT2D eigenvalue weighted by atomic mass is 35.5. The summed E-state index contributed by atoms with van der Waals surface area (Å²) in [4.78, 5) is 12.0. The molecular weight excluding hydrogens is 407 g/mol. The molecule has 0 radical (unpaired) electrons. The Morgan fingerprint density at radius 3 is 2.44 bits per heavy atom. The second kappa shape index (κ2) is 8.66. The summed E-state index contributed by atoms with van der Waals surface area (Å²) < 4.78 is 62.9. The summed E-state index contributed by atoms with van der Waals surface area (Å²) in [5.74, 6) is 0.0411. The van der Waals surface area contributed by atoms with Crippen LogP contribution in [0, 0.1) is 0 Å². The van der Waals surface area contributed by atoms with Crippen molar-refractivity contribution < 1.29 is 26.4 Å². The van der Waals surface area contributed by atoms with Gasteiger partial charge in [0.2, 0.25) is 10.0 Å². The van der Waals surface area contributed by atoms with Crippen LogP contribution in [0.25, 0.3) is 0 Å². The third-order valence-electron chi connectivity index (χ3n) is 4.37. The molecule has 0 unspecified atom stereocenters. The monoisotopic (exact) mass is 427 g/mol. The van der Waals surface area contributed by atoms with Gasteiger partial charge in [-0.15, -0.1) is 0 Å². The Hall–Kier alpha value is -1.52. The van der Waals surface area contributed by atoms with Crippen LogP contribution in [0.1, 0.15) is 30.9 Å². The second-order valence-corrected chi connectivity index (χ2v) is 8.87. The van der Waals surface area contributed by atoms with E-state index in [9.17, 15) is 26.4 Å². The summed E-state index contributed by atoms with van der Waals surface area (Å²) >= 11 is 5.85. The van der Waals surface area contributed by atoms with Crippen molar-refractivity contribution in [3.8, 4) is 0 Å². The van der Waals surface area contributed by atoms with Gasteiger partial charge < -0.3 is 10.6 Å². The van der Waals surface area contributed by atoms with Gasteiger partial charge in [0.25, 0.3) is 0 Å². The molecule has 0 aliphatic carbocycles. The number of rotatable bonds is 5. The van der Waals surface area contributed by atoms with Gasteiger partial charge in [-0.05, 0) is 37.5 Å². The number of sulfonamides is 1. The van der Waals surface area contributed by atoms with Gasteiger partial charge in [-0.2, -0.15) is 13.2 Å². The number of hydrogen-bond donors (Lipinski definition) is 2. The number of alkyl halides is 3. The molecule has 1 aromatic rings. The van der Waals surface area contributed by atoms with Crippen molar-refractivity contribution in [2.24, 2.45) is 0 Å². The molecule has 0 saturated carbocycles. The number of benzene rings is 1. The molecule has 0 bridgehead atoms. The summed E-state index contributed by atoms with van der Waals surface area (Å²) in [6.45, 7) is 2.24. The highest BCUT2D eigenvalue weighted by molar-refractivity contribution is 7.89. The predicted molar refractivity (Wildman–Crippen MR) is 95.9 cm³/mol. The fourth-order valence-corrected chi connectivity index (χ4v) is 4.12. The van der Waals surface area contributed by atoms with Crippen LogP contribution in [0.4, 0.5) is 18.0 Å². The fourth-order valence-electron chi connectivity index (χ4n) is 2.74. The van der Waals surface area contributed by atoms with Crippen LogP contribution in [0.3, 0.4) is 0 Å². The Kier molecular flexibility index (Phi) is 6.98. The van der Waals surface area contributed by atoms with Crippen molar-refractivity contribution >= 4 is 27.7 Å². The molecule has 2 amide bonds. The summed E-state index contributed by atoms with van der Waals surface area (Å²) in [7, 11) is -3.23. The van der Waals surface area contributed by atoms with Gasteiger partial charge in [0.05, 0.1) is 11.3 Å². The number of nitrogens with zero attached hydrogens (tertiary/aromatic N) is 1. The second-order valence-electron chi connectivity index (χ2n) is 6.20. The highest BCUT2D eigenvalue weighted by Gasteiger charge is 2.31. The normalized spacial score (nSPS) is 16.9. The zero-order chi connectivity index (χ0) is 20.2. The van der Waals surface area contributed by atoms with Gasteiger partial charge in [0.15, 0.2) is 0 Å². The minimum absolute atomic E-state index is 0.0220. The van der Waals surface area contributed by atoms with E-state index in [1.807, 2.05) is 0 Å². The Morgan fingerprint density at radius 2 is 1.93 bits per heavy atom. The molecule has 1 saturated heterocycles. The van der Waals surface area contributed by atoms with E-state index in [1.54, 1.807) is 6.92 Å². The average Bonchev–Trinajstić information content (AvgIpc) is 2.60. The van der Waals surface area contributed by atoms with E-state index in [-0.39, 0.29) is 23.4 Å². The first-order chi connectivity index (χ1) is 12.5. The number of amides is 2. The topological polar surface area (TPSA) is 78.5 Å². The number of halogens is 4. The first-order valence-corrected chi connectivity index (χ1v) is 10.4. The molecular formula is C16H21ClF3N3O3S. The number of carbonyl (C=O) groups is 1. The van der Waals surface area contributed by atoms with Crippen molar-refractivity contribution in [1.82, 2.24) is 14.9 Å². The molecule has 6 nitrogen and oxygen atoms in total. The minimum Gasteiger partial charge on any atom is -0.335 e.